The Hall–Kier alpha value is -0.780. The maximum absolute atomic E-state index is 2.39. The van der Waals surface area contributed by atoms with Crippen molar-refractivity contribution in [3.8, 4) is 0 Å². The Balaban J connectivity index is 1.96. The molecule has 1 fully saturated rings. The second-order valence-electron chi connectivity index (χ2n) is 5.84. The van der Waals surface area contributed by atoms with Crippen molar-refractivity contribution in [1.82, 2.24) is 0 Å². The van der Waals surface area contributed by atoms with Crippen LogP contribution in [0.4, 0.5) is 0 Å². The van der Waals surface area contributed by atoms with Crippen LogP contribution in [0.5, 0.6) is 0 Å². The van der Waals surface area contributed by atoms with E-state index in [1.54, 1.807) is 11.1 Å². The molecule has 0 unspecified atom stereocenters. The minimum Gasteiger partial charge on any atom is -0.0654 e. The highest BCUT2D eigenvalue weighted by atomic mass is 14.2. The smallest absolute Gasteiger partial charge is 0.0159 e. The average molecular weight is 244 g/mol. The molecule has 0 heterocycles. The van der Waals surface area contributed by atoms with Crippen LogP contribution < -0.4 is 0 Å². The van der Waals surface area contributed by atoms with Gasteiger partial charge in [-0.2, -0.15) is 0 Å². The van der Waals surface area contributed by atoms with Crippen molar-refractivity contribution in [1.29, 1.82) is 0 Å². The normalized spacial score (nSPS) is 16.9. The summed E-state index contributed by atoms with van der Waals surface area (Å²) in [6, 6.07) is 9.22. The van der Waals surface area contributed by atoms with E-state index in [1.165, 1.54) is 64.2 Å². The van der Waals surface area contributed by atoms with Gasteiger partial charge in [0.25, 0.3) is 0 Å². The summed E-state index contributed by atoms with van der Waals surface area (Å²) in [6.45, 7) is 2.29. The first kappa shape index (κ1) is 13.6. The van der Waals surface area contributed by atoms with Gasteiger partial charge in [0, 0.05) is 0 Å². The van der Waals surface area contributed by atoms with Gasteiger partial charge in [-0.05, 0) is 42.7 Å². The van der Waals surface area contributed by atoms with E-state index in [1.807, 2.05) is 0 Å². The largest absolute Gasteiger partial charge is 0.0654 e. The summed E-state index contributed by atoms with van der Waals surface area (Å²) < 4.78 is 0. The van der Waals surface area contributed by atoms with E-state index in [-0.39, 0.29) is 0 Å². The van der Waals surface area contributed by atoms with Gasteiger partial charge in [-0.25, -0.2) is 0 Å². The zero-order valence-corrected chi connectivity index (χ0v) is 12.0. The van der Waals surface area contributed by atoms with Crippen LogP contribution in [0.3, 0.4) is 0 Å². The maximum Gasteiger partial charge on any atom is -0.0159 e. The van der Waals surface area contributed by atoms with Crippen molar-refractivity contribution in [3.05, 3.63) is 35.4 Å². The Kier molecular flexibility index (Phi) is 5.77. The van der Waals surface area contributed by atoms with Gasteiger partial charge in [-0.1, -0.05) is 69.7 Å². The zero-order valence-electron chi connectivity index (χ0n) is 12.0. The molecule has 0 atom stereocenters. The van der Waals surface area contributed by atoms with Crippen LogP contribution in [0.2, 0.25) is 0 Å². The fraction of sp³-hybridized carbons (Fsp3) is 0.667. The monoisotopic (exact) mass is 244 g/mol. The van der Waals surface area contributed by atoms with Gasteiger partial charge in [-0.15, -0.1) is 0 Å². The van der Waals surface area contributed by atoms with Crippen LogP contribution in [0.1, 0.15) is 81.8 Å². The lowest BCUT2D eigenvalue weighted by atomic mass is 9.81. The number of benzene rings is 1. The van der Waals surface area contributed by atoms with Gasteiger partial charge in [-0.3, -0.25) is 0 Å². The molecule has 0 saturated heterocycles. The van der Waals surface area contributed by atoms with Crippen LogP contribution in [0.15, 0.2) is 24.3 Å². The van der Waals surface area contributed by atoms with E-state index < -0.39 is 0 Å². The first-order valence-electron chi connectivity index (χ1n) is 7.99. The summed E-state index contributed by atoms with van der Waals surface area (Å²) in [4.78, 5) is 0. The van der Waals surface area contributed by atoms with Crippen LogP contribution >= 0.6 is 0 Å². The summed E-state index contributed by atoms with van der Waals surface area (Å²) >= 11 is 0. The number of unbranched alkanes of at least 4 members (excludes halogenated alkanes) is 3. The number of rotatable bonds is 6. The van der Waals surface area contributed by atoms with Gasteiger partial charge in [0.2, 0.25) is 0 Å². The SMILES string of the molecule is CCCCCCc1ccccc1C1CCCCC1. The minimum absolute atomic E-state index is 0.862. The lowest BCUT2D eigenvalue weighted by Gasteiger charge is -2.24. The molecule has 0 aromatic heterocycles. The Bertz CT molecular complexity index is 334. The molecule has 2 rings (SSSR count). The predicted octanol–water partition coefficient (Wildman–Crippen LogP) is 5.86. The topological polar surface area (TPSA) is 0 Å². The first-order valence-corrected chi connectivity index (χ1v) is 7.99. The van der Waals surface area contributed by atoms with Crippen molar-refractivity contribution < 1.29 is 0 Å². The highest BCUT2D eigenvalue weighted by molar-refractivity contribution is 5.30. The van der Waals surface area contributed by atoms with Gasteiger partial charge in [0.1, 0.15) is 0 Å². The molecule has 0 spiro atoms. The highest BCUT2D eigenvalue weighted by Crippen LogP contribution is 2.34. The predicted molar refractivity (Wildman–Crippen MR) is 80.1 cm³/mol. The molecule has 0 nitrogen and oxygen atoms in total. The molecule has 1 aromatic carbocycles. The standard InChI is InChI=1S/C18H28/c1-2-3-4-6-11-17-14-9-10-15-18(17)16-12-7-5-8-13-16/h9-10,14-16H,2-8,11-13H2,1H3. The molecule has 1 aromatic rings. The van der Waals surface area contributed by atoms with E-state index in [4.69, 9.17) is 0 Å². The fourth-order valence-corrected chi connectivity index (χ4v) is 3.32. The van der Waals surface area contributed by atoms with E-state index in [0.717, 1.165) is 5.92 Å². The maximum atomic E-state index is 2.39. The lowest BCUT2D eigenvalue weighted by Crippen LogP contribution is -2.07. The fourth-order valence-electron chi connectivity index (χ4n) is 3.32. The molecule has 0 heteroatoms. The Morgan fingerprint density at radius 2 is 1.72 bits per heavy atom. The molecule has 18 heavy (non-hydrogen) atoms. The van der Waals surface area contributed by atoms with Crippen LogP contribution in [-0.2, 0) is 6.42 Å². The van der Waals surface area contributed by atoms with Crippen molar-refractivity contribution in [2.24, 2.45) is 0 Å². The van der Waals surface area contributed by atoms with Crippen LogP contribution in [0.25, 0.3) is 0 Å². The Labute approximate surface area is 113 Å². The van der Waals surface area contributed by atoms with Crippen molar-refractivity contribution in [2.75, 3.05) is 0 Å². The van der Waals surface area contributed by atoms with Crippen LogP contribution in [0, 0.1) is 0 Å². The van der Waals surface area contributed by atoms with Gasteiger partial charge < -0.3 is 0 Å². The van der Waals surface area contributed by atoms with Crippen LogP contribution in [-0.4, -0.2) is 0 Å². The zero-order chi connectivity index (χ0) is 12.6. The third kappa shape index (κ3) is 3.86. The quantitative estimate of drug-likeness (QED) is 0.550. The number of hydrogen-bond acceptors (Lipinski definition) is 0. The van der Waals surface area contributed by atoms with Gasteiger partial charge in [0.05, 0.1) is 0 Å². The minimum atomic E-state index is 0.862. The van der Waals surface area contributed by atoms with E-state index in [0.29, 0.717) is 0 Å². The molecular formula is C18H28. The van der Waals surface area contributed by atoms with E-state index in [9.17, 15) is 0 Å². The highest BCUT2D eigenvalue weighted by Gasteiger charge is 2.17. The van der Waals surface area contributed by atoms with Gasteiger partial charge in [0.15, 0.2) is 0 Å². The molecule has 0 N–H and O–H groups in total. The number of hydrogen-bond donors (Lipinski definition) is 0. The molecule has 0 aliphatic heterocycles. The molecule has 100 valence electrons. The van der Waals surface area contributed by atoms with Crippen molar-refractivity contribution in [3.63, 3.8) is 0 Å². The Morgan fingerprint density at radius 1 is 0.944 bits per heavy atom. The molecule has 0 radical (unpaired) electrons. The van der Waals surface area contributed by atoms with E-state index >= 15 is 0 Å². The average Bonchev–Trinajstić information content (AvgIpc) is 2.45. The number of aryl methyl sites for hydroxylation is 1. The lowest BCUT2D eigenvalue weighted by molar-refractivity contribution is 0.441. The summed E-state index contributed by atoms with van der Waals surface area (Å²) in [5, 5.41) is 0. The second kappa shape index (κ2) is 7.61. The summed E-state index contributed by atoms with van der Waals surface area (Å²) in [5.74, 6) is 0.862. The van der Waals surface area contributed by atoms with Crippen molar-refractivity contribution in [2.45, 2.75) is 77.0 Å². The molecular weight excluding hydrogens is 216 g/mol. The van der Waals surface area contributed by atoms with Crippen molar-refractivity contribution >= 4 is 0 Å². The molecule has 0 amide bonds. The third-order valence-electron chi connectivity index (χ3n) is 4.40. The summed E-state index contributed by atoms with van der Waals surface area (Å²) in [7, 11) is 0. The van der Waals surface area contributed by atoms with Gasteiger partial charge >= 0.3 is 0 Å². The summed E-state index contributed by atoms with van der Waals surface area (Å²) in [6.07, 6.45) is 14.0. The third-order valence-corrected chi connectivity index (χ3v) is 4.40. The molecule has 1 saturated carbocycles. The second-order valence-corrected chi connectivity index (χ2v) is 5.84. The molecule has 0 bridgehead atoms. The summed E-state index contributed by atoms with van der Waals surface area (Å²) in [5.41, 5.74) is 3.31. The van der Waals surface area contributed by atoms with E-state index in [2.05, 4.69) is 31.2 Å². The Morgan fingerprint density at radius 3 is 2.50 bits per heavy atom. The first-order chi connectivity index (χ1) is 8.92. The molecule has 1 aliphatic rings. The molecule has 1 aliphatic carbocycles.